The summed E-state index contributed by atoms with van der Waals surface area (Å²) in [6.45, 7) is 0. The zero-order valence-electron chi connectivity index (χ0n) is 8.39. The summed E-state index contributed by atoms with van der Waals surface area (Å²) < 4.78 is 26.5. The number of hydrogen-bond acceptors (Lipinski definition) is 2. The molecule has 1 aliphatic carbocycles. The van der Waals surface area contributed by atoms with Crippen molar-refractivity contribution in [1.29, 1.82) is 0 Å². The predicted octanol–water partition coefficient (Wildman–Crippen LogP) is 2.11. The van der Waals surface area contributed by atoms with Crippen LogP contribution in [0.4, 0.5) is 20.2 Å². The van der Waals surface area contributed by atoms with Crippen LogP contribution in [0.3, 0.4) is 0 Å². The molecule has 2 aliphatic rings. The van der Waals surface area contributed by atoms with Gasteiger partial charge in [-0.15, -0.1) is 0 Å². The summed E-state index contributed by atoms with van der Waals surface area (Å²) in [5.74, 6) is -1.75. The number of hydrogen-bond donors (Lipinski definition) is 2. The molecule has 1 unspecified atom stereocenters. The summed E-state index contributed by atoms with van der Waals surface area (Å²) in [5, 5.41) is 5.38. The fourth-order valence-corrected chi connectivity index (χ4v) is 1.99. The summed E-state index contributed by atoms with van der Waals surface area (Å²) in [7, 11) is 0. The van der Waals surface area contributed by atoms with Crippen molar-refractivity contribution in [2.24, 2.45) is 5.92 Å². The van der Waals surface area contributed by atoms with Crippen LogP contribution in [0.2, 0.25) is 0 Å². The van der Waals surface area contributed by atoms with Crippen LogP contribution in [0.25, 0.3) is 0 Å². The standard InChI is InChI=1S/C11H10F2N2O/c12-6-3-4-7-10(8(6)13)15-9(5-1-2-5)11(16)14-7/h3-5,9,15H,1-2H2,(H,14,16). The maximum absolute atomic E-state index is 13.5. The van der Waals surface area contributed by atoms with Crippen LogP contribution in [0.15, 0.2) is 12.1 Å². The minimum absolute atomic E-state index is 0.0662. The van der Waals surface area contributed by atoms with Gasteiger partial charge in [0.05, 0.1) is 11.4 Å². The van der Waals surface area contributed by atoms with Crippen molar-refractivity contribution in [2.45, 2.75) is 18.9 Å². The van der Waals surface area contributed by atoms with Gasteiger partial charge >= 0.3 is 0 Å². The molecule has 0 aromatic heterocycles. The van der Waals surface area contributed by atoms with Gasteiger partial charge in [0.25, 0.3) is 0 Å². The highest BCUT2D eigenvalue weighted by molar-refractivity contribution is 6.03. The molecule has 1 atom stereocenters. The van der Waals surface area contributed by atoms with Crippen LogP contribution < -0.4 is 10.6 Å². The van der Waals surface area contributed by atoms with Crippen molar-refractivity contribution in [3.63, 3.8) is 0 Å². The van der Waals surface area contributed by atoms with E-state index in [0.29, 0.717) is 5.69 Å². The van der Waals surface area contributed by atoms with Crippen molar-refractivity contribution in [1.82, 2.24) is 0 Å². The van der Waals surface area contributed by atoms with Gasteiger partial charge in [-0.25, -0.2) is 8.78 Å². The number of halogens is 2. The van der Waals surface area contributed by atoms with Gasteiger partial charge in [0.2, 0.25) is 5.91 Å². The van der Waals surface area contributed by atoms with E-state index in [0.717, 1.165) is 18.9 Å². The zero-order valence-corrected chi connectivity index (χ0v) is 8.39. The molecule has 0 spiro atoms. The van der Waals surface area contributed by atoms with Gasteiger partial charge in [-0.1, -0.05) is 0 Å². The maximum Gasteiger partial charge on any atom is 0.247 e. The van der Waals surface area contributed by atoms with Gasteiger partial charge in [0, 0.05) is 0 Å². The Labute approximate surface area is 90.8 Å². The SMILES string of the molecule is O=C1Nc2ccc(F)c(F)c2NC1C1CC1. The van der Waals surface area contributed by atoms with E-state index in [-0.39, 0.29) is 17.5 Å². The number of anilines is 2. The lowest BCUT2D eigenvalue weighted by Gasteiger charge is -2.27. The molecule has 1 fully saturated rings. The number of benzene rings is 1. The third kappa shape index (κ3) is 1.35. The van der Waals surface area contributed by atoms with Gasteiger partial charge in [0.1, 0.15) is 6.04 Å². The summed E-state index contributed by atoms with van der Waals surface area (Å²) in [6, 6.07) is 1.94. The van der Waals surface area contributed by atoms with Crippen LogP contribution >= 0.6 is 0 Å². The molecule has 1 saturated carbocycles. The average Bonchev–Trinajstić information content (AvgIpc) is 3.07. The van der Waals surface area contributed by atoms with Crippen molar-refractivity contribution in [2.75, 3.05) is 10.6 Å². The topological polar surface area (TPSA) is 41.1 Å². The summed E-state index contributed by atoms with van der Waals surface area (Å²) in [5.41, 5.74) is 0.372. The van der Waals surface area contributed by atoms with E-state index in [1.807, 2.05) is 0 Å². The first-order chi connectivity index (χ1) is 7.66. The highest BCUT2D eigenvalue weighted by Crippen LogP contribution is 2.39. The number of amides is 1. The fraction of sp³-hybridized carbons (Fsp3) is 0.364. The van der Waals surface area contributed by atoms with E-state index in [1.54, 1.807) is 0 Å². The van der Waals surface area contributed by atoms with E-state index in [2.05, 4.69) is 10.6 Å². The number of rotatable bonds is 1. The summed E-state index contributed by atoms with van der Waals surface area (Å²) >= 11 is 0. The minimum Gasteiger partial charge on any atom is -0.369 e. The van der Waals surface area contributed by atoms with Crippen molar-refractivity contribution >= 4 is 17.3 Å². The van der Waals surface area contributed by atoms with Crippen molar-refractivity contribution < 1.29 is 13.6 Å². The first kappa shape index (κ1) is 9.57. The Kier molecular flexibility index (Phi) is 1.89. The van der Waals surface area contributed by atoms with Gasteiger partial charge in [0.15, 0.2) is 11.6 Å². The van der Waals surface area contributed by atoms with Gasteiger partial charge in [-0.05, 0) is 30.9 Å². The molecule has 3 nitrogen and oxygen atoms in total. The van der Waals surface area contributed by atoms with Gasteiger partial charge in [-0.2, -0.15) is 0 Å². The zero-order chi connectivity index (χ0) is 11.3. The molecule has 1 aromatic carbocycles. The smallest absolute Gasteiger partial charge is 0.247 e. The Balaban J connectivity index is 2.02. The largest absolute Gasteiger partial charge is 0.369 e. The number of fused-ring (bicyclic) bond motifs is 1. The second-order valence-electron chi connectivity index (χ2n) is 4.23. The van der Waals surface area contributed by atoms with Crippen LogP contribution in [0.1, 0.15) is 12.8 Å². The second-order valence-corrected chi connectivity index (χ2v) is 4.23. The van der Waals surface area contributed by atoms with E-state index in [4.69, 9.17) is 0 Å². The van der Waals surface area contributed by atoms with Gasteiger partial charge < -0.3 is 10.6 Å². The molecular formula is C11H10F2N2O. The third-order valence-electron chi connectivity index (χ3n) is 3.03. The molecule has 0 radical (unpaired) electrons. The van der Waals surface area contributed by atoms with Crippen LogP contribution in [0.5, 0.6) is 0 Å². The minimum atomic E-state index is -0.928. The maximum atomic E-state index is 13.5. The summed E-state index contributed by atoms with van der Waals surface area (Å²) in [4.78, 5) is 11.6. The van der Waals surface area contributed by atoms with Crippen molar-refractivity contribution in [3.8, 4) is 0 Å². The van der Waals surface area contributed by atoms with Crippen LogP contribution in [-0.2, 0) is 4.79 Å². The number of carbonyl (C=O) groups excluding carboxylic acids is 1. The monoisotopic (exact) mass is 224 g/mol. The lowest BCUT2D eigenvalue weighted by atomic mass is 10.1. The second kappa shape index (κ2) is 3.17. The molecule has 1 heterocycles. The molecule has 1 aliphatic heterocycles. The lowest BCUT2D eigenvalue weighted by molar-refractivity contribution is -0.117. The molecule has 2 N–H and O–H groups in total. The average molecular weight is 224 g/mol. The van der Waals surface area contributed by atoms with Gasteiger partial charge in [-0.3, -0.25) is 4.79 Å². The first-order valence-electron chi connectivity index (χ1n) is 5.22. The van der Waals surface area contributed by atoms with E-state index in [1.165, 1.54) is 6.07 Å². The quantitative estimate of drug-likeness (QED) is 0.767. The number of nitrogens with one attached hydrogen (secondary N) is 2. The Hall–Kier alpha value is -1.65. The Bertz CT molecular complexity index is 471. The molecule has 84 valence electrons. The highest BCUT2D eigenvalue weighted by atomic mass is 19.2. The summed E-state index contributed by atoms with van der Waals surface area (Å²) in [6.07, 6.45) is 1.91. The highest BCUT2D eigenvalue weighted by Gasteiger charge is 2.39. The molecule has 0 bridgehead atoms. The van der Waals surface area contributed by atoms with Crippen LogP contribution in [0, 0.1) is 17.6 Å². The Morgan fingerprint density at radius 2 is 2.00 bits per heavy atom. The third-order valence-corrected chi connectivity index (χ3v) is 3.03. The Morgan fingerprint density at radius 1 is 1.25 bits per heavy atom. The Morgan fingerprint density at radius 3 is 2.69 bits per heavy atom. The predicted molar refractivity (Wildman–Crippen MR) is 55.1 cm³/mol. The molecular weight excluding hydrogens is 214 g/mol. The molecule has 1 aromatic rings. The first-order valence-corrected chi connectivity index (χ1v) is 5.22. The van der Waals surface area contributed by atoms with E-state index in [9.17, 15) is 13.6 Å². The lowest BCUT2D eigenvalue weighted by Crippen LogP contribution is -2.40. The van der Waals surface area contributed by atoms with E-state index < -0.39 is 17.7 Å². The van der Waals surface area contributed by atoms with E-state index >= 15 is 0 Å². The number of carbonyl (C=O) groups is 1. The molecule has 1 amide bonds. The normalized spacial score (nSPS) is 23.4. The molecule has 5 heteroatoms. The van der Waals surface area contributed by atoms with Crippen molar-refractivity contribution in [3.05, 3.63) is 23.8 Å². The fourth-order valence-electron chi connectivity index (χ4n) is 1.99. The molecule has 3 rings (SSSR count). The molecule has 16 heavy (non-hydrogen) atoms. The molecule has 0 saturated heterocycles. The van der Waals surface area contributed by atoms with Crippen LogP contribution in [-0.4, -0.2) is 11.9 Å².